The molecule has 0 unspecified atom stereocenters. The molecule has 0 bridgehead atoms. The summed E-state index contributed by atoms with van der Waals surface area (Å²) in [6, 6.07) is 9.86. The van der Waals surface area contributed by atoms with Crippen LogP contribution in [0.4, 0.5) is 0 Å². The molecule has 1 aromatic carbocycles. The van der Waals surface area contributed by atoms with Crippen molar-refractivity contribution in [2.45, 2.75) is 19.3 Å². The minimum absolute atomic E-state index is 0.279. The molecule has 1 aromatic heterocycles. The number of likely N-dealkylation sites (tertiary alicyclic amines) is 1. The van der Waals surface area contributed by atoms with Gasteiger partial charge in [0.05, 0.1) is 12.1 Å². The predicted octanol–water partition coefficient (Wildman–Crippen LogP) is 2.63. The van der Waals surface area contributed by atoms with Crippen molar-refractivity contribution in [2.75, 3.05) is 19.7 Å². The lowest BCUT2D eigenvalue weighted by Gasteiger charge is -2.15. The Hall–Kier alpha value is -2.10. The van der Waals surface area contributed by atoms with Gasteiger partial charge < -0.3 is 9.64 Å². The standard InChI is InChI=1S/C16H18N2O2/c19-16-5-2-9-18(16)10-3-11-20-14-6-7-15-13(12-14)4-1-8-17-15/h1,4,6-8,12H,2-3,5,9-11H2. The maximum atomic E-state index is 11.5. The van der Waals surface area contributed by atoms with Crippen LogP contribution in [0.2, 0.25) is 0 Å². The van der Waals surface area contributed by atoms with Gasteiger partial charge in [-0.2, -0.15) is 0 Å². The van der Waals surface area contributed by atoms with Gasteiger partial charge in [0.15, 0.2) is 0 Å². The number of benzene rings is 1. The zero-order chi connectivity index (χ0) is 13.8. The van der Waals surface area contributed by atoms with Crippen LogP contribution in [0.1, 0.15) is 19.3 Å². The van der Waals surface area contributed by atoms with Crippen LogP contribution in [0.15, 0.2) is 36.5 Å². The number of carbonyl (C=O) groups is 1. The van der Waals surface area contributed by atoms with Crippen LogP contribution >= 0.6 is 0 Å². The molecule has 4 heteroatoms. The zero-order valence-corrected chi connectivity index (χ0v) is 11.4. The van der Waals surface area contributed by atoms with Gasteiger partial charge in [0, 0.05) is 31.1 Å². The van der Waals surface area contributed by atoms with E-state index in [1.807, 2.05) is 35.2 Å². The van der Waals surface area contributed by atoms with Crippen molar-refractivity contribution >= 4 is 16.8 Å². The molecule has 0 spiro atoms. The lowest BCUT2D eigenvalue weighted by molar-refractivity contribution is -0.127. The minimum Gasteiger partial charge on any atom is -0.494 e. The molecule has 1 aliphatic rings. The largest absolute Gasteiger partial charge is 0.494 e. The second kappa shape index (κ2) is 5.90. The SMILES string of the molecule is O=C1CCCN1CCCOc1ccc2ncccc2c1. The summed E-state index contributed by atoms with van der Waals surface area (Å²) < 4.78 is 5.74. The highest BCUT2D eigenvalue weighted by Gasteiger charge is 2.18. The Morgan fingerprint density at radius 2 is 2.25 bits per heavy atom. The van der Waals surface area contributed by atoms with E-state index in [1.54, 1.807) is 6.20 Å². The third kappa shape index (κ3) is 2.90. The van der Waals surface area contributed by atoms with E-state index in [4.69, 9.17) is 4.74 Å². The summed E-state index contributed by atoms with van der Waals surface area (Å²) in [4.78, 5) is 17.7. The molecular formula is C16H18N2O2. The molecule has 1 fully saturated rings. The Morgan fingerprint density at radius 1 is 1.30 bits per heavy atom. The van der Waals surface area contributed by atoms with Crippen molar-refractivity contribution in [1.29, 1.82) is 0 Å². The maximum absolute atomic E-state index is 11.5. The lowest BCUT2D eigenvalue weighted by Crippen LogP contribution is -2.26. The van der Waals surface area contributed by atoms with E-state index in [2.05, 4.69) is 4.98 Å². The van der Waals surface area contributed by atoms with Crippen LogP contribution < -0.4 is 4.74 Å². The van der Waals surface area contributed by atoms with Gasteiger partial charge in [-0.3, -0.25) is 9.78 Å². The van der Waals surface area contributed by atoms with Crippen molar-refractivity contribution in [1.82, 2.24) is 9.88 Å². The fraction of sp³-hybridized carbons (Fsp3) is 0.375. The average molecular weight is 270 g/mol. The monoisotopic (exact) mass is 270 g/mol. The van der Waals surface area contributed by atoms with Crippen LogP contribution in [-0.4, -0.2) is 35.5 Å². The van der Waals surface area contributed by atoms with Crippen LogP contribution in [0.25, 0.3) is 10.9 Å². The number of pyridine rings is 1. The van der Waals surface area contributed by atoms with E-state index in [0.717, 1.165) is 42.6 Å². The Bertz CT molecular complexity index is 612. The quantitative estimate of drug-likeness (QED) is 0.784. The normalized spacial score (nSPS) is 15.0. The fourth-order valence-electron chi connectivity index (χ4n) is 2.53. The summed E-state index contributed by atoms with van der Waals surface area (Å²) >= 11 is 0. The van der Waals surface area contributed by atoms with Crippen molar-refractivity contribution in [3.63, 3.8) is 0 Å². The van der Waals surface area contributed by atoms with Crippen LogP contribution in [0.3, 0.4) is 0 Å². The third-order valence-corrected chi connectivity index (χ3v) is 3.59. The average Bonchev–Trinajstić information content (AvgIpc) is 2.89. The molecule has 0 atom stereocenters. The first-order chi connectivity index (χ1) is 9.83. The van der Waals surface area contributed by atoms with E-state index in [-0.39, 0.29) is 5.91 Å². The van der Waals surface area contributed by atoms with Gasteiger partial charge in [-0.05, 0) is 37.1 Å². The number of nitrogens with zero attached hydrogens (tertiary/aromatic N) is 2. The van der Waals surface area contributed by atoms with Gasteiger partial charge in [0.25, 0.3) is 0 Å². The summed E-state index contributed by atoms with van der Waals surface area (Å²) in [6.45, 7) is 2.34. The van der Waals surface area contributed by atoms with Crippen LogP contribution in [0, 0.1) is 0 Å². The van der Waals surface area contributed by atoms with Crippen LogP contribution in [0.5, 0.6) is 5.75 Å². The third-order valence-electron chi connectivity index (χ3n) is 3.59. The fourth-order valence-corrected chi connectivity index (χ4v) is 2.53. The molecule has 2 aromatic rings. The predicted molar refractivity (Wildman–Crippen MR) is 77.7 cm³/mol. The summed E-state index contributed by atoms with van der Waals surface area (Å²) in [6.07, 6.45) is 4.36. The van der Waals surface area contributed by atoms with E-state index in [0.29, 0.717) is 13.0 Å². The number of hydrogen-bond acceptors (Lipinski definition) is 3. The van der Waals surface area contributed by atoms with Gasteiger partial charge in [0.1, 0.15) is 5.75 Å². The first-order valence-corrected chi connectivity index (χ1v) is 7.08. The van der Waals surface area contributed by atoms with Gasteiger partial charge in [-0.25, -0.2) is 0 Å². The topological polar surface area (TPSA) is 42.4 Å². The Morgan fingerprint density at radius 3 is 3.10 bits per heavy atom. The smallest absolute Gasteiger partial charge is 0.222 e. The summed E-state index contributed by atoms with van der Waals surface area (Å²) in [5.41, 5.74) is 0.975. The number of rotatable bonds is 5. The number of carbonyl (C=O) groups excluding carboxylic acids is 1. The maximum Gasteiger partial charge on any atom is 0.222 e. The Balaban J connectivity index is 1.51. The molecule has 0 radical (unpaired) electrons. The molecule has 0 saturated carbocycles. The van der Waals surface area contributed by atoms with E-state index < -0.39 is 0 Å². The molecule has 1 aliphatic heterocycles. The van der Waals surface area contributed by atoms with E-state index in [9.17, 15) is 4.79 Å². The molecule has 4 nitrogen and oxygen atoms in total. The second-order valence-electron chi connectivity index (χ2n) is 5.04. The number of amides is 1. The van der Waals surface area contributed by atoms with Crippen molar-refractivity contribution in [3.05, 3.63) is 36.5 Å². The molecular weight excluding hydrogens is 252 g/mol. The number of fused-ring (bicyclic) bond motifs is 1. The Labute approximate surface area is 118 Å². The minimum atomic E-state index is 0.279. The summed E-state index contributed by atoms with van der Waals surface area (Å²) in [5, 5.41) is 1.08. The van der Waals surface area contributed by atoms with Crippen molar-refractivity contribution < 1.29 is 9.53 Å². The summed E-state index contributed by atoms with van der Waals surface area (Å²) in [7, 11) is 0. The molecule has 1 saturated heterocycles. The van der Waals surface area contributed by atoms with Crippen molar-refractivity contribution in [2.24, 2.45) is 0 Å². The zero-order valence-electron chi connectivity index (χ0n) is 11.4. The van der Waals surface area contributed by atoms with Gasteiger partial charge in [-0.15, -0.1) is 0 Å². The lowest BCUT2D eigenvalue weighted by atomic mass is 10.2. The van der Waals surface area contributed by atoms with E-state index in [1.165, 1.54) is 0 Å². The van der Waals surface area contributed by atoms with Crippen LogP contribution in [-0.2, 0) is 4.79 Å². The van der Waals surface area contributed by atoms with Gasteiger partial charge in [0.2, 0.25) is 5.91 Å². The molecule has 0 aliphatic carbocycles. The van der Waals surface area contributed by atoms with Crippen molar-refractivity contribution in [3.8, 4) is 5.75 Å². The highest BCUT2D eigenvalue weighted by molar-refractivity contribution is 5.79. The highest BCUT2D eigenvalue weighted by Crippen LogP contribution is 2.19. The van der Waals surface area contributed by atoms with E-state index >= 15 is 0 Å². The second-order valence-corrected chi connectivity index (χ2v) is 5.04. The number of aromatic nitrogens is 1. The molecule has 1 amide bonds. The summed E-state index contributed by atoms with van der Waals surface area (Å²) in [5.74, 6) is 1.14. The molecule has 104 valence electrons. The molecule has 20 heavy (non-hydrogen) atoms. The first-order valence-electron chi connectivity index (χ1n) is 7.08. The molecule has 3 rings (SSSR count). The number of hydrogen-bond donors (Lipinski definition) is 0. The molecule has 0 N–H and O–H groups in total. The first kappa shape index (κ1) is 12.9. The number of ether oxygens (including phenoxy) is 1. The van der Waals surface area contributed by atoms with Gasteiger partial charge in [-0.1, -0.05) is 6.07 Å². The highest BCUT2D eigenvalue weighted by atomic mass is 16.5. The Kier molecular flexibility index (Phi) is 3.81. The molecule has 2 heterocycles. The van der Waals surface area contributed by atoms with Gasteiger partial charge >= 0.3 is 0 Å².